The van der Waals surface area contributed by atoms with Gasteiger partial charge in [-0.15, -0.1) is 0 Å². The number of fused-ring (bicyclic) bond motifs is 4. The molecule has 1 fully saturated rings. The number of carbonyl (C=O) groups excluding carboxylic acids is 2. The number of amides is 1. The quantitative estimate of drug-likeness (QED) is 0.866. The molecule has 1 aromatic carbocycles. The molecule has 1 saturated carbocycles. The first-order valence-electron chi connectivity index (χ1n) is 7.76. The molecule has 5 heteroatoms. The molecule has 1 amide bonds. The Labute approximate surface area is 128 Å². The average molecular weight is 298 g/mol. The summed E-state index contributed by atoms with van der Waals surface area (Å²) in [4.78, 5) is 24.2. The van der Waals surface area contributed by atoms with Gasteiger partial charge in [0.1, 0.15) is 5.69 Å². The summed E-state index contributed by atoms with van der Waals surface area (Å²) in [5.74, 6) is -0.353. The molecule has 1 spiro atoms. The maximum atomic E-state index is 12.2. The second kappa shape index (κ2) is 4.60. The Hall–Kier alpha value is -2.30. The summed E-state index contributed by atoms with van der Waals surface area (Å²) in [6, 6.07) is 7.43. The molecule has 1 aliphatic heterocycles. The molecule has 0 atom stereocenters. The zero-order chi connectivity index (χ0) is 15.3. The van der Waals surface area contributed by atoms with Gasteiger partial charge in [0.2, 0.25) is 0 Å². The van der Waals surface area contributed by atoms with E-state index in [-0.39, 0.29) is 17.4 Å². The molecule has 22 heavy (non-hydrogen) atoms. The van der Waals surface area contributed by atoms with Crippen LogP contribution in [0.15, 0.2) is 24.3 Å². The van der Waals surface area contributed by atoms with E-state index < -0.39 is 0 Å². The number of nitrogens with zero attached hydrogens (tertiary/aromatic N) is 1. The van der Waals surface area contributed by atoms with Crippen molar-refractivity contribution in [2.24, 2.45) is 0 Å². The smallest absolute Gasteiger partial charge is 0.338 e. The monoisotopic (exact) mass is 298 g/mol. The van der Waals surface area contributed by atoms with Gasteiger partial charge in [0.15, 0.2) is 0 Å². The Kier molecular flexibility index (Phi) is 2.79. The van der Waals surface area contributed by atoms with E-state index in [1.807, 2.05) is 18.2 Å². The van der Waals surface area contributed by atoms with Crippen LogP contribution in [-0.4, -0.2) is 29.6 Å². The van der Waals surface area contributed by atoms with Crippen LogP contribution < -0.4 is 5.32 Å². The second-order valence-electron chi connectivity index (χ2n) is 6.12. The van der Waals surface area contributed by atoms with Gasteiger partial charge in [0.25, 0.3) is 5.91 Å². The normalized spacial score (nSPS) is 18.7. The van der Waals surface area contributed by atoms with Crippen molar-refractivity contribution in [3.05, 3.63) is 35.5 Å². The van der Waals surface area contributed by atoms with E-state index in [1.54, 1.807) is 13.0 Å². The Bertz CT molecular complexity index is 787. The van der Waals surface area contributed by atoms with Gasteiger partial charge in [-0.05, 0) is 44.4 Å². The fourth-order valence-electron chi connectivity index (χ4n) is 3.62. The van der Waals surface area contributed by atoms with E-state index in [9.17, 15) is 9.59 Å². The molecule has 1 aliphatic carbocycles. The number of aromatic nitrogens is 1. The average Bonchev–Trinajstić information content (AvgIpc) is 2.86. The van der Waals surface area contributed by atoms with Gasteiger partial charge in [-0.2, -0.15) is 0 Å². The lowest BCUT2D eigenvalue weighted by Crippen LogP contribution is -2.55. The number of ether oxygens (including phenoxy) is 1. The third-order valence-electron chi connectivity index (χ3n) is 4.88. The number of esters is 1. The zero-order valence-electron chi connectivity index (χ0n) is 12.5. The molecule has 2 heterocycles. The Morgan fingerprint density at radius 2 is 2.18 bits per heavy atom. The van der Waals surface area contributed by atoms with E-state index in [0.29, 0.717) is 24.4 Å². The fraction of sp³-hybridized carbons (Fsp3) is 0.412. The maximum Gasteiger partial charge on any atom is 0.338 e. The van der Waals surface area contributed by atoms with Crippen molar-refractivity contribution in [1.29, 1.82) is 0 Å². The lowest BCUT2D eigenvalue weighted by atomic mass is 9.75. The van der Waals surface area contributed by atoms with Gasteiger partial charge in [-0.3, -0.25) is 4.79 Å². The molecule has 0 saturated heterocycles. The molecule has 2 aliphatic rings. The molecule has 5 nitrogen and oxygen atoms in total. The third-order valence-corrected chi connectivity index (χ3v) is 4.88. The molecule has 0 bridgehead atoms. The van der Waals surface area contributed by atoms with Crippen molar-refractivity contribution in [2.45, 2.75) is 31.7 Å². The third kappa shape index (κ3) is 1.71. The SMILES string of the molecule is CCOC(=O)c1ccc2cc3n(c2c1)C1(CCC1)CNC3=O. The van der Waals surface area contributed by atoms with Crippen molar-refractivity contribution in [1.82, 2.24) is 9.88 Å². The minimum atomic E-state index is -0.317. The predicted octanol–water partition coefficient (Wildman–Crippen LogP) is 2.44. The van der Waals surface area contributed by atoms with Gasteiger partial charge >= 0.3 is 5.97 Å². The Morgan fingerprint density at radius 1 is 1.36 bits per heavy atom. The van der Waals surface area contributed by atoms with E-state index in [0.717, 1.165) is 23.7 Å². The molecule has 4 rings (SSSR count). The molecular formula is C17H18N2O3. The number of hydrogen-bond acceptors (Lipinski definition) is 3. The minimum absolute atomic E-state index is 0.0156. The molecule has 0 radical (unpaired) electrons. The number of rotatable bonds is 2. The van der Waals surface area contributed by atoms with Gasteiger partial charge in [-0.25, -0.2) is 4.79 Å². The van der Waals surface area contributed by atoms with Crippen molar-refractivity contribution in [3.63, 3.8) is 0 Å². The summed E-state index contributed by atoms with van der Waals surface area (Å²) in [6.45, 7) is 2.82. The molecule has 1 aromatic heterocycles. The van der Waals surface area contributed by atoms with Crippen LogP contribution in [0.1, 0.15) is 47.0 Å². The van der Waals surface area contributed by atoms with Crippen LogP contribution in [0.4, 0.5) is 0 Å². The summed E-state index contributed by atoms with van der Waals surface area (Å²) in [7, 11) is 0. The van der Waals surface area contributed by atoms with Crippen molar-refractivity contribution in [3.8, 4) is 0 Å². The standard InChI is InChI=1S/C17H18N2O3/c1-2-22-16(21)12-5-4-11-8-14-15(20)18-10-17(6-3-7-17)19(14)13(11)9-12/h4-5,8-9H,2-3,6-7,10H2,1H3,(H,18,20). The first-order valence-corrected chi connectivity index (χ1v) is 7.76. The summed E-state index contributed by atoms with van der Waals surface area (Å²) in [6.07, 6.45) is 3.30. The minimum Gasteiger partial charge on any atom is -0.462 e. The van der Waals surface area contributed by atoms with E-state index in [2.05, 4.69) is 9.88 Å². The molecule has 1 N–H and O–H groups in total. The summed E-state index contributed by atoms with van der Waals surface area (Å²) >= 11 is 0. The van der Waals surface area contributed by atoms with Crippen LogP contribution in [0.5, 0.6) is 0 Å². The second-order valence-corrected chi connectivity index (χ2v) is 6.12. The lowest BCUT2D eigenvalue weighted by Gasteiger charge is -2.47. The van der Waals surface area contributed by atoms with E-state index >= 15 is 0 Å². The van der Waals surface area contributed by atoms with Crippen molar-refractivity contribution in [2.75, 3.05) is 13.2 Å². The first-order chi connectivity index (χ1) is 10.6. The van der Waals surface area contributed by atoms with Crippen LogP contribution in [-0.2, 0) is 10.3 Å². The van der Waals surface area contributed by atoms with Crippen LogP contribution in [0.2, 0.25) is 0 Å². The van der Waals surface area contributed by atoms with Gasteiger partial charge < -0.3 is 14.6 Å². The van der Waals surface area contributed by atoms with Gasteiger partial charge in [-0.1, -0.05) is 6.07 Å². The predicted molar refractivity (Wildman–Crippen MR) is 82.1 cm³/mol. The number of benzene rings is 1. The van der Waals surface area contributed by atoms with Gasteiger partial charge in [0, 0.05) is 11.9 Å². The van der Waals surface area contributed by atoms with Crippen molar-refractivity contribution < 1.29 is 14.3 Å². The van der Waals surface area contributed by atoms with Gasteiger partial charge in [0.05, 0.1) is 23.2 Å². The van der Waals surface area contributed by atoms with Crippen molar-refractivity contribution >= 4 is 22.8 Å². The zero-order valence-corrected chi connectivity index (χ0v) is 12.5. The molecule has 114 valence electrons. The summed E-state index contributed by atoms with van der Waals surface area (Å²) in [5, 5.41) is 3.99. The fourth-order valence-corrected chi connectivity index (χ4v) is 3.62. The highest BCUT2D eigenvalue weighted by molar-refractivity contribution is 6.02. The highest BCUT2D eigenvalue weighted by Gasteiger charge is 2.44. The highest BCUT2D eigenvalue weighted by atomic mass is 16.5. The summed E-state index contributed by atoms with van der Waals surface area (Å²) < 4.78 is 7.23. The number of carbonyl (C=O) groups is 2. The van der Waals surface area contributed by atoms with Crippen LogP contribution >= 0.6 is 0 Å². The molecular weight excluding hydrogens is 280 g/mol. The number of nitrogens with one attached hydrogen (secondary N) is 1. The van der Waals surface area contributed by atoms with E-state index in [4.69, 9.17) is 4.74 Å². The topological polar surface area (TPSA) is 60.3 Å². The number of hydrogen-bond donors (Lipinski definition) is 1. The van der Waals surface area contributed by atoms with Crippen LogP contribution in [0.25, 0.3) is 10.9 Å². The van der Waals surface area contributed by atoms with Crippen LogP contribution in [0.3, 0.4) is 0 Å². The lowest BCUT2D eigenvalue weighted by molar-refractivity contribution is 0.0526. The Morgan fingerprint density at radius 3 is 2.86 bits per heavy atom. The van der Waals surface area contributed by atoms with Crippen LogP contribution in [0, 0.1) is 0 Å². The first kappa shape index (κ1) is 13.4. The van der Waals surface area contributed by atoms with E-state index in [1.165, 1.54) is 6.42 Å². The Balaban J connectivity index is 1.91. The molecule has 2 aromatic rings. The highest BCUT2D eigenvalue weighted by Crippen LogP contribution is 2.44. The summed E-state index contributed by atoms with van der Waals surface area (Å²) in [5.41, 5.74) is 2.17. The maximum absolute atomic E-state index is 12.2. The largest absolute Gasteiger partial charge is 0.462 e. The molecule has 0 unspecified atom stereocenters.